The highest BCUT2D eigenvalue weighted by Crippen LogP contribution is 2.25. The molecule has 18 heavy (non-hydrogen) atoms. The van der Waals surface area contributed by atoms with Gasteiger partial charge >= 0.3 is 0 Å². The quantitative estimate of drug-likeness (QED) is 0.867. The number of nitrogens with two attached hydrogens (primary N) is 1. The summed E-state index contributed by atoms with van der Waals surface area (Å²) in [6.45, 7) is 4.07. The fourth-order valence-corrected chi connectivity index (χ4v) is 2.97. The molecule has 0 fully saturated rings. The maximum atomic E-state index is 6.22. The Balaban J connectivity index is 2.23. The Morgan fingerprint density at radius 3 is 2.89 bits per heavy atom. The van der Waals surface area contributed by atoms with Gasteiger partial charge in [-0.3, -0.25) is 0 Å². The van der Waals surface area contributed by atoms with Crippen LogP contribution >= 0.6 is 23.4 Å². The smallest absolute Gasteiger partial charge is 0.133 e. The molecule has 2 aromatic rings. The van der Waals surface area contributed by atoms with Gasteiger partial charge in [-0.05, 0) is 31.5 Å². The lowest BCUT2D eigenvalue weighted by Crippen LogP contribution is -2.17. The highest BCUT2D eigenvalue weighted by atomic mass is 35.5. The zero-order valence-electron chi connectivity index (χ0n) is 10.6. The summed E-state index contributed by atoms with van der Waals surface area (Å²) in [7, 11) is 0. The molecule has 0 spiro atoms. The van der Waals surface area contributed by atoms with Crippen molar-refractivity contribution in [1.29, 1.82) is 0 Å². The molecule has 0 aliphatic rings. The van der Waals surface area contributed by atoms with Crippen molar-refractivity contribution in [3.8, 4) is 0 Å². The third kappa shape index (κ3) is 3.37. The normalized spacial score (nSPS) is 12.9. The maximum absolute atomic E-state index is 6.22. The molecule has 4 heteroatoms. The number of hydrogen-bond donors (Lipinski definition) is 1. The molecular weight excluding hydrogens is 264 g/mol. The van der Waals surface area contributed by atoms with Crippen LogP contribution in [-0.4, -0.2) is 16.8 Å². The summed E-state index contributed by atoms with van der Waals surface area (Å²) in [5.41, 5.74) is 8.97. The Bertz CT molecular complexity index is 555. The average molecular weight is 281 g/mol. The van der Waals surface area contributed by atoms with Crippen molar-refractivity contribution in [2.45, 2.75) is 25.6 Å². The minimum absolute atomic E-state index is 0.213. The van der Waals surface area contributed by atoms with Crippen molar-refractivity contribution >= 4 is 34.3 Å². The molecule has 1 aromatic heterocycles. The van der Waals surface area contributed by atoms with Gasteiger partial charge in [-0.2, -0.15) is 11.8 Å². The molecular formula is C14H17ClN2S. The van der Waals surface area contributed by atoms with E-state index in [1.54, 1.807) is 11.8 Å². The molecule has 0 radical (unpaired) electrons. The first-order valence-electron chi connectivity index (χ1n) is 5.95. The maximum Gasteiger partial charge on any atom is 0.133 e. The first-order valence-corrected chi connectivity index (χ1v) is 7.48. The van der Waals surface area contributed by atoms with Crippen molar-refractivity contribution in [2.75, 3.05) is 5.75 Å². The molecule has 0 saturated heterocycles. The minimum atomic E-state index is 0.213. The van der Waals surface area contributed by atoms with E-state index in [-0.39, 0.29) is 6.04 Å². The predicted octanol–water partition coefficient (Wildman–Crippen LogP) is 3.78. The van der Waals surface area contributed by atoms with Gasteiger partial charge in [-0.1, -0.05) is 23.7 Å². The number of pyridine rings is 1. The van der Waals surface area contributed by atoms with Crippen LogP contribution in [0.2, 0.25) is 5.15 Å². The summed E-state index contributed by atoms with van der Waals surface area (Å²) in [5.74, 6) is 1.79. The van der Waals surface area contributed by atoms with Crippen molar-refractivity contribution < 1.29 is 0 Å². The molecule has 2 N–H and O–H groups in total. The lowest BCUT2D eigenvalue weighted by atomic mass is 10.1. The fourth-order valence-electron chi connectivity index (χ4n) is 1.75. The summed E-state index contributed by atoms with van der Waals surface area (Å²) < 4.78 is 0. The molecule has 0 aliphatic heterocycles. The number of fused-ring (bicyclic) bond motifs is 1. The first-order chi connectivity index (χ1) is 8.56. The van der Waals surface area contributed by atoms with Crippen LogP contribution in [0, 0.1) is 6.92 Å². The summed E-state index contributed by atoms with van der Waals surface area (Å²) >= 11 is 8.01. The Kier molecular flexibility index (Phi) is 4.49. The van der Waals surface area contributed by atoms with Gasteiger partial charge in [0.2, 0.25) is 0 Å². The average Bonchev–Trinajstić information content (AvgIpc) is 2.29. The predicted molar refractivity (Wildman–Crippen MR) is 81.3 cm³/mol. The lowest BCUT2D eigenvalue weighted by Gasteiger charge is -2.08. The largest absolute Gasteiger partial charge is 0.327 e. The number of thioether (sulfide) groups is 1. The van der Waals surface area contributed by atoms with Crippen molar-refractivity contribution in [1.82, 2.24) is 4.98 Å². The zero-order chi connectivity index (χ0) is 13.1. The van der Waals surface area contributed by atoms with Gasteiger partial charge in [0.1, 0.15) is 5.15 Å². The number of halogens is 1. The van der Waals surface area contributed by atoms with Crippen LogP contribution in [0.5, 0.6) is 0 Å². The summed E-state index contributed by atoms with van der Waals surface area (Å²) in [5, 5.41) is 1.74. The van der Waals surface area contributed by atoms with E-state index in [0.717, 1.165) is 28.0 Å². The fraction of sp³-hybridized carbons (Fsp3) is 0.357. The van der Waals surface area contributed by atoms with Crippen LogP contribution in [0.15, 0.2) is 24.3 Å². The molecule has 0 aliphatic carbocycles. The van der Waals surface area contributed by atoms with Gasteiger partial charge in [0.05, 0.1) is 5.52 Å². The third-order valence-electron chi connectivity index (χ3n) is 2.64. The van der Waals surface area contributed by atoms with Gasteiger partial charge in [-0.25, -0.2) is 4.98 Å². The molecule has 1 unspecified atom stereocenters. The Labute approximate surface area is 117 Å². The van der Waals surface area contributed by atoms with Crippen LogP contribution in [0.25, 0.3) is 10.9 Å². The Morgan fingerprint density at radius 2 is 2.17 bits per heavy atom. The van der Waals surface area contributed by atoms with Crippen LogP contribution in [0.1, 0.15) is 18.1 Å². The van der Waals surface area contributed by atoms with Crippen molar-refractivity contribution in [3.63, 3.8) is 0 Å². The van der Waals surface area contributed by atoms with E-state index < -0.39 is 0 Å². The topological polar surface area (TPSA) is 38.9 Å². The number of aryl methyl sites for hydroxylation is 1. The molecule has 1 heterocycles. The second kappa shape index (κ2) is 5.91. The molecule has 0 amide bonds. The SMILES string of the molecule is Cc1ccc2cc(CSCC(C)N)c(Cl)nc2c1. The van der Waals surface area contributed by atoms with Crippen LogP contribution in [0.4, 0.5) is 0 Å². The highest BCUT2D eigenvalue weighted by molar-refractivity contribution is 7.98. The summed E-state index contributed by atoms with van der Waals surface area (Å²) in [6.07, 6.45) is 0. The van der Waals surface area contributed by atoms with E-state index in [1.165, 1.54) is 5.56 Å². The highest BCUT2D eigenvalue weighted by Gasteiger charge is 2.06. The standard InChI is InChI=1S/C14H17ClN2S/c1-9-3-4-11-6-12(8-18-7-10(2)16)14(15)17-13(11)5-9/h3-6,10H,7-8,16H2,1-2H3. The molecule has 0 bridgehead atoms. The molecule has 1 aromatic carbocycles. The second-order valence-corrected chi connectivity index (χ2v) is 6.02. The molecule has 0 saturated carbocycles. The van der Waals surface area contributed by atoms with Gasteiger partial charge in [-0.15, -0.1) is 0 Å². The number of nitrogens with zero attached hydrogens (tertiary/aromatic N) is 1. The molecule has 2 nitrogen and oxygen atoms in total. The third-order valence-corrected chi connectivity index (χ3v) is 4.24. The summed E-state index contributed by atoms with van der Waals surface area (Å²) in [6, 6.07) is 8.58. The molecule has 1 atom stereocenters. The zero-order valence-corrected chi connectivity index (χ0v) is 12.2. The lowest BCUT2D eigenvalue weighted by molar-refractivity contribution is 0.847. The van der Waals surface area contributed by atoms with E-state index in [4.69, 9.17) is 17.3 Å². The van der Waals surface area contributed by atoms with E-state index in [2.05, 4.69) is 36.2 Å². The van der Waals surface area contributed by atoms with Crippen LogP contribution in [0.3, 0.4) is 0 Å². The Hall–Kier alpha value is -0.770. The number of rotatable bonds is 4. The van der Waals surface area contributed by atoms with Gasteiger partial charge in [0.15, 0.2) is 0 Å². The van der Waals surface area contributed by atoms with Crippen LogP contribution < -0.4 is 5.73 Å². The van der Waals surface area contributed by atoms with E-state index in [0.29, 0.717) is 5.15 Å². The number of aromatic nitrogens is 1. The van der Waals surface area contributed by atoms with Gasteiger partial charge in [0.25, 0.3) is 0 Å². The van der Waals surface area contributed by atoms with Gasteiger partial charge in [0, 0.05) is 28.5 Å². The van der Waals surface area contributed by atoms with Crippen molar-refractivity contribution in [2.24, 2.45) is 5.73 Å². The van der Waals surface area contributed by atoms with E-state index in [1.807, 2.05) is 6.92 Å². The molecule has 2 rings (SSSR count). The van der Waals surface area contributed by atoms with Crippen LogP contribution in [-0.2, 0) is 5.75 Å². The van der Waals surface area contributed by atoms with Crippen molar-refractivity contribution in [3.05, 3.63) is 40.5 Å². The first kappa shape index (κ1) is 13.7. The minimum Gasteiger partial charge on any atom is -0.327 e. The van der Waals surface area contributed by atoms with E-state index in [9.17, 15) is 0 Å². The summed E-state index contributed by atoms with van der Waals surface area (Å²) in [4.78, 5) is 4.46. The molecule has 96 valence electrons. The number of benzene rings is 1. The Morgan fingerprint density at radius 1 is 1.39 bits per heavy atom. The monoisotopic (exact) mass is 280 g/mol. The number of hydrogen-bond acceptors (Lipinski definition) is 3. The van der Waals surface area contributed by atoms with Gasteiger partial charge < -0.3 is 5.73 Å². The van der Waals surface area contributed by atoms with E-state index >= 15 is 0 Å². The second-order valence-electron chi connectivity index (χ2n) is 4.63.